The second kappa shape index (κ2) is 8.31. The lowest BCUT2D eigenvalue weighted by Gasteiger charge is -2.11. The summed E-state index contributed by atoms with van der Waals surface area (Å²) in [5, 5.41) is 5.99. The van der Waals surface area contributed by atoms with Gasteiger partial charge in [-0.1, -0.05) is 18.2 Å². The van der Waals surface area contributed by atoms with Crippen molar-refractivity contribution in [1.29, 1.82) is 0 Å². The maximum Gasteiger partial charge on any atom is 0.274 e. The number of carbonyl (C=O) groups excluding carboxylic acids is 1. The van der Waals surface area contributed by atoms with Gasteiger partial charge in [-0.2, -0.15) is 0 Å². The van der Waals surface area contributed by atoms with Gasteiger partial charge in [-0.3, -0.25) is 4.79 Å². The summed E-state index contributed by atoms with van der Waals surface area (Å²) in [6.45, 7) is 0.280. The molecule has 0 spiro atoms. The number of benzene rings is 1. The van der Waals surface area contributed by atoms with Crippen LogP contribution in [-0.2, 0) is 6.54 Å². The molecule has 1 aliphatic carbocycles. The van der Waals surface area contributed by atoms with Gasteiger partial charge in [-0.15, -0.1) is 0 Å². The van der Waals surface area contributed by atoms with Gasteiger partial charge in [0, 0.05) is 17.8 Å². The van der Waals surface area contributed by atoms with Gasteiger partial charge in [0.05, 0.1) is 48.5 Å². The average Bonchev–Trinajstić information content (AvgIpc) is 3.56. The molecule has 0 saturated heterocycles. The molecule has 5 rings (SSSR count). The highest BCUT2D eigenvalue weighted by atomic mass is 16.1. The third kappa shape index (κ3) is 4.40. The van der Waals surface area contributed by atoms with Gasteiger partial charge in [0.25, 0.3) is 5.91 Å². The fourth-order valence-electron chi connectivity index (χ4n) is 3.18. The molecule has 1 saturated carbocycles. The first kappa shape index (κ1) is 18.9. The normalized spacial score (nSPS) is 13.0. The Morgan fingerprint density at radius 1 is 1.06 bits per heavy atom. The van der Waals surface area contributed by atoms with E-state index in [0.717, 1.165) is 29.9 Å². The molecule has 0 unspecified atom stereocenters. The second-order valence-corrected chi connectivity index (χ2v) is 7.31. The van der Waals surface area contributed by atoms with Gasteiger partial charge in [0.1, 0.15) is 6.33 Å². The van der Waals surface area contributed by atoms with Crippen LogP contribution in [-0.4, -0.2) is 35.4 Å². The van der Waals surface area contributed by atoms with Gasteiger partial charge in [-0.05, 0) is 25.0 Å². The summed E-state index contributed by atoms with van der Waals surface area (Å²) in [6, 6.07) is 9.89. The molecule has 31 heavy (non-hydrogen) atoms. The molecule has 1 fully saturated rings. The van der Waals surface area contributed by atoms with Gasteiger partial charge in [-0.25, -0.2) is 24.9 Å². The second-order valence-electron chi connectivity index (χ2n) is 7.31. The van der Waals surface area contributed by atoms with E-state index in [4.69, 9.17) is 0 Å². The number of aromatic nitrogens is 6. The van der Waals surface area contributed by atoms with Crippen LogP contribution in [0.15, 0.2) is 67.8 Å². The molecule has 1 aliphatic rings. The topological polar surface area (TPSA) is 111 Å². The number of carbonyl (C=O) groups is 1. The smallest absolute Gasteiger partial charge is 0.274 e. The summed E-state index contributed by atoms with van der Waals surface area (Å²) in [5.41, 5.74) is 3.47. The molecule has 9 nitrogen and oxygen atoms in total. The summed E-state index contributed by atoms with van der Waals surface area (Å²) >= 11 is 0. The summed E-state index contributed by atoms with van der Waals surface area (Å²) in [4.78, 5) is 34.4. The number of hydrogen-bond acceptors (Lipinski definition) is 7. The maximum absolute atomic E-state index is 13.0. The zero-order valence-electron chi connectivity index (χ0n) is 16.6. The van der Waals surface area contributed by atoms with E-state index in [1.54, 1.807) is 24.9 Å². The van der Waals surface area contributed by atoms with Crippen molar-refractivity contribution in [3.05, 3.63) is 84.9 Å². The quantitative estimate of drug-likeness (QED) is 0.480. The van der Waals surface area contributed by atoms with Crippen molar-refractivity contribution in [2.75, 3.05) is 5.32 Å². The zero-order chi connectivity index (χ0) is 21.0. The largest absolute Gasteiger partial charge is 0.345 e. The van der Waals surface area contributed by atoms with Crippen LogP contribution in [0.1, 0.15) is 40.6 Å². The average molecular weight is 412 g/mol. The number of nitrogens with zero attached hydrogens (tertiary/aromatic N) is 6. The summed E-state index contributed by atoms with van der Waals surface area (Å²) in [7, 11) is 0. The molecule has 154 valence electrons. The minimum Gasteiger partial charge on any atom is -0.345 e. The molecule has 3 aromatic heterocycles. The molecule has 2 N–H and O–H groups in total. The fourth-order valence-corrected chi connectivity index (χ4v) is 3.18. The van der Waals surface area contributed by atoms with E-state index < -0.39 is 0 Å². The standard InChI is InChI=1S/C22H20N8O/c31-22(26-10-17-12-30(14-27-17)18-4-2-1-3-5-18)20-21(28-16-8-23-13-24-9-16)25-11-19(29-20)15-6-7-15/h1-5,8-9,11-15H,6-7,10H2,(H,25,28)(H,26,31). The third-order valence-corrected chi connectivity index (χ3v) is 4.95. The van der Waals surface area contributed by atoms with Crippen LogP contribution in [0.2, 0.25) is 0 Å². The van der Waals surface area contributed by atoms with Crippen molar-refractivity contribution >= 4 is 17.4 Å². The van der Waals surface area contributed by atoms with E-state index in [0.29, 0.717) is 17.4 Å². The van der Waals surface area contributed by atoms with E-state index in [1.165, 1.54) is 6.33 Å². The molecule has 1 aromatic carbocycles. The summed E-state index contributed by atoms with van der Waals surface area (Å²) in [6.07, 6.45) is 12.2. The number of para-hydroxylation sites is 1. The highest BCUT2D eigenvalue weighted by Gasteiger charge is 2.27. The third-order valence-electron chi connectivity index (χ3n) is 4.95. The Labute approximate surface area is 178 Å². The Balaban J connectivity index is 1.33. The molecule has 9 heteroatoms. The summed E-state index contributed by atoms with van der Waals surface area (Å²) < 4.78 is 1.91. The Hall–Kier alpha value is -4.14. The highest BCUT2D eigenvalue weighted by Crippen LogP contribution is 2.39. The minimum absolute atomic E-state index is 0.246. The van der Waals surface area contributed by atoms with Crippen LogP contribution in [0.25, 0.3) is 5.69 Å². The van der Waals surface area contributed by atoms with Crippen LogP contribution in [0.4, 0.5) is 11.5 Å². The predicted molar refractivity (Wildman–Crippen MR) is 114 cm³/mol. The lowest BCUT2D eigenvalue weighted by Crippen LogP contribution is -2.26. The lowest BCUT2D eigenvalue weighted by molar-refractivity contribution is 0.0946. The highest BCUT2D eigenvalue weighted by molar-refractivity contribution is 5.97. The van der Waals surface area contributed by atoms with Crippen LogP contribution in [0, 0.1) is 0 Å². The maximum atomic E-state index is 13.0. The first-order valence-corrected chi connectivity index (χ1v) is 10.0. The Morgan fingerprint density at radius 2 is 1.87 bits per heavy atom. The molecule has 0 bridgehead atoms. The van der Waals surface area contributed by atoms with Crippen molar-refractivity contribution < 1.29 is 4.79 Å². The number of rotatable bonds is 7. The zero-order valence-corrected chi connectivity index (χ0v) is 16.6. The molecule has 0 radical (unpaired) electrons. The monoisotopic (exact) mass is 412 g/mol. The van der Waals surface area contributed by atoms with Crippen LogP contribution < -0.4 is 10.6 Å². The Bertz CT molecular complexity index is 1190. The van der Waals surface area contributed by atoms with Crippen molar-refractivity contribution in [1.82, 2.24) is 34.8 Å². The number of amides is 1. The van der Waals surface area contributed by atoms with Crippen molar-refractivity contribution in [2.24, 2.45) is 0 Å². The Morgan fingerprint density at radius 3 is 2.65 bits per heavy atom. The van der Waals surface area contributed by atoms with Gasteiger partial charge >= 0.3 is 0 Å². The molecule has 1 amide bonds. The number of anilines is 2. The van der Waals surface area contributed by atoms with E-state index in [9.17, 15) is 4.79 Å². The van der Waals surface area contributed by atoms with Crippen LogP contribution in [0.5, 0.6) is 0 Å². The number of imidazole rings is 1. The van der Waals surface area contributed by atoms with Crippen LogP contribution in [0.3, 0.4) is 0 Å². The molecule has 3 heterocycles. The first-order valence-electron chi connectivity index (χ1n) is 10.0. The molecule has 0 aliphatic heterocycles. The lowest BCUT2D eigenvalue weighted by atomic mass is 10.2. The molecule has 0 atom stereocenters. The van der Waals surface area contributed by atoms with Crippen molar-refractivity contribution in [2.45, 2.75) is 25.3 Å². The van der Waals surface area contributed by atoms with E-state index >= 15 is 0 Å². The van der Waals surface area contributed by atoms with E-state index in [1.807, 2.05) is 41.1 Å². The number of nitrogens with one attached hydrogen (secondary N) is 2. The SMILES string of the molecule is O=C(NCc1cn(-c2ccccc2)cn1)c1nc(C2CC2)cnc1Nc1cncnc1. The predicted octanol–water partition coefficient (Wildman–Crippen LogP) is 3.00. The van der Waals surface area contributed by atoms with Crippen molar-refractivity contribution in [3.63, 3.8) is 0 Å². The van der Waals surface area contributed by atoms with Crippen molar-refractivity contribution in [3.8, 4) is 5.69 Å². The fraction of sp³-hybridized carbons (Fsp3) is 0.182. The Kier molecular flexibility index (Phi) is 5.05. The summed E-state index contributed by atoms with van der Waals surface area (Å²) in [5.74, 6) is 0.435. The van der Waals surface area contributed by atoms with Gasteiger partial charge < -0.3 is 15.2 Å². The van der Waals surface area contributed by atoms with E-state index in [-0.39, 0.29) is 18.1 Å². The van der Waals surface area contributed by atoms with Crippen LogP contribution >= 0.6 is 0 Å². The molecular formula is C22H20N8O. The molecular weight excluding hydrogens is 392 g/mol. The number of hydrogen-bond donors (Lipinski definition) is 2. The van der Waals surface area contributed by atoms with Gasteiger partial charge in [0.2, 0.25) is 0 Å². The molecule has 4 aromatic rings. The minimum atomic E-state index is -0.316. The van der Waals surface area contributed by atoms with Gasteiger partial charge in [0.15, 0.2) is 11.5 Å². The first-order chi connectivity index (χ1) is 15.3. The van der Waals surface area contributed by atoms with E-state index in [2.05, 4.69) is 35.6 Å².